The van der Waals surface area contributed by atoms with Gasteiger partial charge in [0, 0.05) is 38.4 Å². The van der Waals surface area contributed by atoms with Crippen LogP contribution < -0.4 is 27.3 Å². The van der Waals surface area contributed by atoms with Crippen LogP contribution in [-0.2, 0) is 0 Å². The Kier molecular flexibility index (Phi) is 7.70. The molecule has 0 unspecified atom stereocenters. The SMILES string of the molecule is Bc1c(B)c(B)c(-c2ccc(-c3nc(-c4ccccc4)nc(-c4cccc5c4oc4ccc(-n6c7ccccc7c7ccccc76)cc45)n3)cc2)c(B)c1B. The summed E-state index contributed by atoms with van der Waals surface area (Å²) in [7, 11) is 11.1. The van der Waals surface area contributed by atoms with E-state index in [1.54, 1.807) is 0 Å². The van der Waals surface area contributed by atoms with E-state index in [-0.39, 0.29) is 0 Å². The summed E-state index contributed by atoms with van der Waals surface area (Å²) < 4.78 is 9.02. The van der Waals surface area contributed by atoms with Crippen molar-refractivity contribution < 1.29 is 4.42 Å². The summed E-state index contributed by atoms with van der Waals surface area (Å²) in [5.41, 5.74) is 16.8. The zero-order valence-electron chi connectivity index (χ0n) is 31.5. The van der Waals surface area contributed by atoms with E-state index >= 15 is 0 Å². The van der Waals surface area contributed by atoms with Gasteiger partial charge in [0.25, 0.3) is 0 Å². The molecular formula is C45H33B5N4O. The van der Waals surface area contributed by atoms with Crippen molar-refractivity contribution >= 4 is 110 Å². The van der Waals surface area contributed by atoms with Gasteiger partial charge >= 0.3 is 0 Å². The molecule has 10 rings (SSSR count). The summed E-state index contributed by atoms with van der Waals surface area (Å²) in [6.07, 6.45) is 0. The lowest BCUT2D eigenvalue weighted by atomic mass is 9.59. The average Bonchev–Trinajstić information content (AvgIpc) is 3.78. The van der Waals surface area contributed by atoms with Crippen LogP contribution in [0.1, 0.15) is 0 Å². The lowest BCUT2D eigenvalue weighted by molar-refractivity contribution is 0.669. The molecule has 0 saturated heterocycles. The van der Waals surface area contributed by atoms with Gasteiger partial charge in [-0.25, -0.2) is 15.0 Å². The molecule has 7 aromatic carbocycles. The first-order valence-electron chi connectivity index (χ1n) is 18.8. The fraction of sp³-hybridized carbons (Fsp3) is 0. The fourth-order valence-electron chi connectivity index (χ4n) is 8.36. The first-order chi connectivity index (χ1) is 26.9. The van der Waals surface area contributed by atoms with E-state index in [0.717, 1.165) is 44.3 Å². The van der Waals surface area contributed by atoms with E-state index < -0.39 is 0 Å². The molecule has 3 aromatic heterocycles. The number of hydrogen-bond donors (Lipinski definition) is 0. The zero-order valence-corrected chi connectivity index (χ0v) is 31.5. The fourth-order valence-corrected chi connectivity index (χ4v) is 8.36. The van der Waals surface area contributed by atoms with E-state index in [1.807, 2.05) is 36.4 Å². The number of rotatable bonds is 5. The van der Waals surface area contributed by atoms with Gasteiger partial charge < -0.3 is 8.98 Å². The Balaban J connectivity index is 1.12. The average molecular weight is 700 g/mol. The first kappa shape index (κ1) is 33.1. The Morgan fingerprint density at radius 3 is 1.60 bits per heavy atom. The van der Waals surface area contributed by atoms with Crippen LogP contribution in [0.25, 0.3) is 94.7 Å². The van der Waals surface area contributed by atoms with Crippen LogP contribution in [0, 0.1) is 0 Å². The number of hydrogen-bond acceptors (Lipinski definition) is 4. The van der Waals surface area contributed by atoms with Gasteiger partial charge in [0.2, 0.25) is 0 Å². The van der Waals surface area contributed by atoms with Gasteiger partial charge in [0.15, 0.2) is 17.5 Å². The highest BCUT2D eigenvalue weighted by molar-refractivity contribution is 6.68. The Morgan fingerprint density at radius 2 is 0.945 bits per heavy atom. The number of furan rings is 1. The summed E-state index contributed by atoms with van der Waals surface area (Å²) in [6, 6.07) is 48.6. The summed E-state index contributed by atoms with van der Waals surface area (Å²) in [6.45, 7) is 0. The largest absolute Gasteiger partial charge is 0.455 e. The minimum atomic E-state index is 0.566. The highest BCUT2D eigenvalue weighted by Crippen LogP contribution is 2.38. The predicted octanol–water partition coefficient (Wildman–Crippen LogP) is 2.83. The highest BCUT2D eigenvalue weighted by Gasteiger charge is 2.20. The molecule has 254 valence electrons. The second kappa shape index (κ2) is 12.8. The van der Waals surface area contributed by atoms with Crippen molar-refractivity contribution in [2.24, 2.45) is 0 Å². The van der Waals surface area contributed by atoms with Gasteiger partial charge in [0.1, 0.15) is 50.4 Å². The van der Waals surface area contributed by atoms with Gasteiger partial charge in [0.05, 0.1) is 16.6 Å². The van der Waals surface area contributed by atoms with Gasteiger partial charge in [-0.1, -0.05) is 114 Å². The summed E-state index contributed by atoms with van der Waals surface area (Å²) >= 11 is 0. The number of para-hydroxylation sites is 3. The van der Waals surface area contributed by atoms with Crippen LogP contribution in [0.4, 0.5) is 0 Å². The molecule has 0 atom stereocenters. The third-order valence-corrected chi connectivity index (χ3v) is 11.7. The summed E-state index contributed by atoms with van der Waals surface area (Å²) in [5.74, 6) is 1.79. The van der Waals surface area contributed by atoms with E-state index in [4.69, 9.17) is 19.4 Å². The Bertz CT molecular complexity index is 3070. The van der Waals surface area contributed by atoms with Crippen LogP contribution in [0.3, 0.4) is 0 Å². The standard InChI is InChI=1S/C45H33B5N4O/c46-37-36(38(47)40(49)41(50)39(37)48)24-17-19-26(20-18-24)44-51-43(25-9-2-1-3-10-25)52-45(53-44)31-14-8-13-30-32-23-27(21-22-35(32)55-42(30)31)54-33-15-6-4-11-28(33)29-12-5-7-16-34(29)54/h1-23H,46-50H2. The molecule has 0 radical (unpaired) electrons. The monoisotopic (exact) mass is 700 g/mol. The van der Waals surface area contributed by atoms with Gasteiger partial charge in [-0.15, -0.1) is 16.4 Å². The second-order valence-electron chi connectivity index (χ2n) is 14.6. The van der Waals surface area contributed by atoms with Gasteiger partial charge in [-0.2, -0.15) is 0 Å². The maximum Gasteiger partial charge on any atom is 0.167 e. The van der Waals surface area contributed by atoms with Crippen molar-refractivity contribution in [2.45, 2.75) is 0 Å². The maximum atomic E-state index is 6.68. The number of aromatic nitrogens is 4. The van der Waals surface area contributed by atoms with Crippen molar-refractivity contribution in [1.29, 1.82) is 0 Å². The van der Waals surface area contributed by atoms with Crippen molar-refractivity contribution in [1.82, 2.24) is 19.5 Å². The van der Waals surface area contributed by atoms with E-state index in [2.05, 4.69) is 147 Å². The van der Waals surface area contributed by atoms with Crippen LogP contribution in [0.5, 0.6) is 0 Å². The van der Waals surface area contributed by atoms with E-state index in [0.29, 0.717) is 17.5 Å². The molecule has 0 aliphatic heterocycles. The van der Waals surface area contributed by atoms with Crippen LogP contribution >= 0.6 is 0 Å². The minimum absolute atomic E-state index is 0.566. The molecule has 0 aliphatic rings. The Labute approximate surface area is 323 Å². The molecule has 0 bridgehead atoms. The van der Waals surface area contributed by atoms with E-state index in [9.17, 15) is 0 Å². The second-order valence-corrected chi connectivity index (χ2v) is 14.6. The van der Waals surface area contributed by atoms with Crippen molar-refractivity contribution in [2.75, 3.05) is 0 Å². The topological polar surface area (TPSA) is 56.7 Å². The molecule has 3 heterocycles. The van der Waals surface area contributed by atoms with Gasteiger partial charge in [-0.3, -0.25) is 0 Å². The summed E-state index contributed by atoms with van der Waals surface area (Å²) in [5, 5.41) is 4.52. The van der Waals surface area contributed by atoms with Crippen molar-refractivity contribution in [3.8, 4) is 51.0 Å². The molecule has 0 saturated carbocycles. The third-order valence-electron chi connectivity index (χ3n) is 11.7. The van der Waals surface area contributed by atoms with Gasteiger partial charge in [-0.05, 0) is 47.5 Å². The number of benzene rings is 7. The number of fused-ring (bicyclic) bond motifs is 6. The molecular weight excluding hydrogens is 667 g/mol. The number of nitrogens with zero attached hydrogens (tertiary/aromatic N) is 4. The molecule has 10 aromatic rings. The molecule has 55 heavy (non-hydrogen) atoms. The van der Waals surface area contributed by atoms with Crippen LogP contribution in [0.15, 0.2) is 144 Å². The maximum absolute atomic E-state index is 6.68. The van der Waals surface area contributed by atoms with Crippen molar-refractivity contribution in [3.05, 3.63) is 140 Å². The molecule has 0 amide bonds. The summed E-state index contributed by atoms with van der Waals surface area (Å²) in [4.78, 5) is 15.2. The molecule has 0 aliphatic carbocycles. The van der Waals surface area contributed by atoms with E-state index in [1.165, 1.54) is 60.2 Å². The van der Waals surface area contributed by atoms with Crippen LogP contribution in [0.2, 0.25) is 0 Å². The molecule has 0 fully saturated rings. The molecule has 5 nitrogen and oxygen atoms in total. The predicted molar refractivity (Wildman–Crippen MR) is 244 cm³/mol. The molecule has 0 spiro atoms. The Morgan fingerprint density at radius 1 is 0.418 bits per heavy atom. The van der Waals surface area contributed by atoms with Crippen molar-refractivity contribution in [3.63, 3.8) is 0 Å². The first-order valence-corrected chi connectivity index (χ1v) is 18.8. The molecule has 10 heteroatoms. The smallest absolute Gasteiger partial charge is 0.167 e. The van der Waals surface area contributed by atoms with Crippen LogP contribution in [-0.4, -0.2) is 58.8 Å². The quantitative estimate of drug-likeness (QED) is 0.260. The lowest BCUT2D eigenvalue weighted by Gasteiger charge is -2.20. The highest BCUT2D eigenvalue weighted by atomic mass is 16.3. The normalized spacial score (nSPS) is 11.6. The Hall–Kier alpha value is -6.53. The third kappa shape index (κ3) is 5.27. The zero-order chi connectivity index (χ0) is 37.4. The molecule has 0 N–H and O–H groups in total. The lowest BCUT2D eigenvalue weighted by Crippen LogP contribution is -2.55. The minimum Gasteiger partial charge on any atom is -0.455 e.